The lowest BCUT2D eigenvalue weighted by Crippen LogP contribution is -2.23. The quantitative estimate of drug-likeness (QED) is 0.569. The van der Waals surface area contributed by atoms with Gasteiger partial charge in [-0.15, -0.1) is 0 Å². The van der Waals surface area contributed by atoms with Gasteiger partial charge in [0.1, 0.15) is 5.75 Å². The number of nitrogens with one attached hydrogen (secondary N) is 2. The van der Waals surface area contributed by atoms with Gasteiger partial charge >= 0.3 is 0 Å². The minimum absolute atomic E-state index is 0.0366. The predicted octanol–water partition coefficient (Wildman–Crippen LogP) is 5.52. The van der Waals surface area contributed by atoms with Crippen LogP contribution in [0.5, 0.6) is 11.5 Å². The fourth-order valence-corrected chi connectivity index (χ4v) is 3.16. The molecule has 1 aromatic heterocycles. The molecular formula is C19H19BrFN3O. The molecule has 0 saturated carbocycles. The third-order valence-corrected chi connectivity index (χ3v) is 4.61. The van der Waals surface area contributed by atoms with Crippen LogP contribution in [0, 0.1) is 5.82 Å². The zero-order valence-corrected chi connectivity index (χ0v) is 15.5. The standard InChI is InChI=1S/C19H19BrFN3O/c1-12(23-13(2)19-16(20)11-22-24-19)14-8-9-18(17(21)10-14)25-15-6-4-3-5-7-15/h3-13,23H,1-2H3,(H,22,24). The van der Waals surface area contributed by atoms with Crippen LogP contribution in [0.3, 0.4) is 0 Å². The number of aromatic nitrogens is 2. The van der Waals surface area contributed by atoms with Gasteiger partial charge in [0.25, 0.3) is 0 Å². The summed E-state index contributed by atoms with van der Waals surface area (Å²) in [4.78, 5) is 0. The van der Waals surface area contributed by atoms with Gasteiger partial charge in [0, 0.05) is 12.1 Å². The van der Waals surface area contributed by atoms with E-state index >= 15 is 0 Å². The van der Waals surface area contributed by atoms with Crippen molar-refractivity contribution in [1.82, 2.24) is 15.5 Å². The summed E-state index contributed by atoms with van der Waals surface area (Å²) >= 11 is 3.46. The number of halogens is 2. The lowest BCUT2D eigenvalue weighted by Gasteiger charge is -2.20. The van der Waals surface area contributed by atoms with E-state index in [1.165, 1.54) is 6.07 Å². The minimum atomic E-state index is -0.384. The maximum atomic E-state index is 14.4. The molecule has 6 heteroatoms. The largest absolute Gasteiger partial charge is 0.454 e. The first-order valence-electron chi connectivity index (χ1n) is 8.01. The number of hydrogen-bond donors (Lipinski definition) is 2. The third kappa shape index (κ3) is 4.27. The molecule has 0 amide bonds. The van der Waals surface area contributed by atoms with Crippen LogP contribution in [0.25, 0.3) is 0 Å². The van der Waals surface area contributed by atoms with Crippen molar-refractivity contribution in [2.24, 2.45) is 0 Å². The summed E-state index contributed by atoms with van der Waals surface area (Å²) in [5.41, 5.74) is 1.80. The first-order chi connectivity index (χ1) is 12.0. The van der Waals surface area contributed by atoms with Crippen LogP contribution < -0.4 is 10.1 Å². The van der Waals surface area contributed by atoms with Gasteiger partial charge in [-0.3, -0.25) is 5.10 Å². The number of aromatic amines is 1. The van der Waals surface area contributed by atoms with Crippen molar-refractivity contribution in [3.05, 3.63) is 76.3 Å². The van der Waals surface area contributed by atoms with Gasteiger partial charge in [0.15, 0.2) is 11.6 Å². The van der Waals surface area contributed by atoms with Crippen molar-refractivity contribution in [3.8, 4) is 11.5 Å². The van der Waals surface area contributed by atoms with E-state index in [4.69, 9.17) is 4.74 Å². The summed E-state index contributed by atoms with van der Waals surface area (Å²) in [6.07, 6.45) is 1.72. The van der Waals surface area contributed by atoms with E-state index in [1.54, 1.807) is 24.4 Å². The van der Waals surface area contributed by atoms with Gasteiger partial charge < -0.3 is 10.1 Å². The van der Waals surface area contributed by atoms with E-state index < -0.39 is 0 Å². The van der Waals surface area contributed by atoms with Crippen LogP contribution in [-0.4, -0.2) is 10.2 Å². The Bertz CT molecular complexity index is 838. The molecule has 0 aliphatic rings. The van der Waals surface area contributed by atoms with Crippen LogP contribution in [0.4, 0.5) is 4.39 Å². The number of rotatable bonds is 6. The molecule has 2 unspecified atom stereocenters. The first kappa shape index (κ1) is 17.6. The molecule has 3 rings (SSSR count). The lowest BCUT2D eigenvalue weighted by molar-refractivity contribution is 0.438. The number of benzene rings is 2. The highest BCUT2D eigenvalue weighted by Crippen LogP contribution is 2.28. The fourth-order valence-electron chi connectivity index (χ4n) is 2.62. The highest BCUT2D eigenvalue weighted by molar-refractivity contribution is 9.10. The molecule has 3 aromatic rings. The second-order valence-corrected chi connectivity index (χ2v) is 6.70. The van der Waals surface area contributed by atoms with E-state index in [0.717, 1.165) is 15.7 Å². The molecule has 25 heavy (non-hydrogen) atoms. The molecule has 4 nitrogen and oxygen atoms in total. The average Bonchev–Trinajstić information content (AvgIpc) is 3.03. The monoisotopic (exact) mass is 403 g/mol. The molecule has 0 aliphatic carbocycles. The van der Waals surface area contributed by atoms with Gasteiger partial charge in [-0.2, -0.15) is 5.10 Å². The maximum Gasteiger partial charge on any atom is 0.166 e. The van der Waals surface area contributed by atoms with E-state index in [1.807, 2.05) is 38.1 Å². The lowest BCUT2D eigenvalue weighted by atomic mass is 10.1. The topological polar surface area (TPSA) is 49.9 Å². The highest BCUT2D eigenvalue weighted by atomic mass is 79.9. The second-order valence-electron chi connectivity index (χ2n) is 5.85. The fraction of sp³-hybridized carbons (Fsp3) is 0.211. The normalized spacial score (nSPS) is 13.4. The van der Waals surface area contributed by atoms with Crippen LogP contribution >= 0.6 is 15.9 Å². The van der Waals surface area contributed by atoms with E-state index in [9.17, 15) is 4.39 Å². The molecule has 2 aromatic carbocycles. The molecule has 0 bridgehead atoms. The number of hydrogen-bond acceptors (Lipinski definition) is 3. The SMILES string of the molecule is CC(NC(C)c1[nH]ncc1Br)c1ccc(Oc2ccccc2)c(F)c1. The van der Waals surface area contributed by atoms with Crippen molar-refractivity contribution in [3.63, 3.8) is 0 Å². The number of H-pyrrole nitrogens is 1. The third-order valence-electron chi connectivity index (χ3n) is 3.98. The predicted molar refractivity (Wildman–Crippen MR) is 99.2 cm³/mol. The van der Waals surface area contributed by atoms with Gasteiger partial charge in [-0.05, 0) is 59.6 Å². The van der Waals surface area contributed by atoms with Crippen molar-refractivity contribution in [1.29, 1.82) is 0 Å². The minimum Gasteiger partial charge on any atom is -0.454 e. The number of ether oxygens (including phenoxy) is 1. The number of para-hydroxylation sites is 1. The Hall–Kier alpha value is -2.18. The summed E-state index contributed by atoms with van der Waals surface area (Å²) in [5, 5.41) is 10.4. The van der Waals surface area contributed by atoms with Crippen molar-refractivity contribution in [2.45, 2.75) is 25.9 Å². The van der Waals surface area contributed by atoms with Gasteiger partial charge in [-0.1, -0.05) is 24.3 Å². The Morgan fingerprint density at radius 1 is 1.12 bits per heavy atom. The zero-order chi connectivity index (χ0) is 17.8. The molecule has 0 fully saturated rings. The molecule has 0 aliphatic heterocycles. The molecule has 0 radical (unpaired) electrons. The van der Waals surface area contributed by atoms with Crippen LogP contribution in [0.15, 0.2) is 59.2 Å². The summed E-state index contributed by atoms with van der Waals surface area (Å²) in [7, 11) is 0. The van der Waals surface area contributed by atoms with Gasteiger partial charge in [0.2, 0.25) is 0 Å². The Labute approximate surface area is 154 Å². The Balaban J connectivity index is 1.70. The summed E-state index contributed by atoms with van der Waals surface area (Å²) < 4.78 is 20.9. The summed E-state index contributed by atoms with van der Waals surface area (Å²) in [6.45, 7) is 4.02. The smallest absolute Gasteiger partial charge is 0.166 e. The van der Waals surface area contributed by atoms with Crippen molar-refractivity contribution in [2.75, 3.05) is 0 Å². The van der Waals surface area contributed by atoms with E-state index in [0.29, 0.717) is 5.75 Å². The molecule has 2 N–H and O–H groups in total. The van der Waals surface area contributed by atoms with Crippen molar-refractivity contribution >= 4 is 15.9 Å². The van der Waals surface area contributed by atoms with Crippen LogP contribution in [0.1, 0.15) is 37.2 Å². The van der Waals surface area contributed by atoms with E-state index in [-0.39, 0.29) is 23.7 Å². The maximum absolute atomic E-state index is 14.4. The summed E-state index contributed by atoms with van der Waals surface area (Å²) in [6, 6.07) is 14.2. The Morgan fingerprint density at radius 3 is 2.52 bits per heavy atom. The Morgan fingerprint density at radius 2 is 1.88 bits per heavy atom. The average molecular weight is 404 g/mol. The van der Waals surface area contributed by atoms with Crippen molar-refractivity contribution < 1.29 is 9.13 Å². The zero-order valence-electron chi connectivity index (χ0n) is 14.0. The van der Waals surface area contributed by atoms with Crippen LogP contribution in [-0.2, 0) is 0 Å². The number of nitrogens with zero attached hydrogens (tertiary/aromatic N) is 1. The summed E-state index contributed by atoms with van der Waals surface area (Å²) in [5.74, 6) is 0.440. The molecule has 1 heterocycles. The van der Waals surface area contributed by atoms with Gasteiger partial charge in [-0.25, -0.2) is 4.39 Å². The van der Waals surface area contributed by atoms with Crippen LogP contribution in [0.2, 0.25) is 0 Å². The molecule has 130 valence electrons. The second kappa shape index (κ2) is 7.80. The molecule has 0 spiro atoms. The first-order valence-corrected chi connectivity index (χ1v) is 8.81. The highest BCUT2D eigenvalue weighted by Gasteiger charge is 2.16. The van der Waals surface area contributed by atoms with E-state index in [2.05, 4.69) is 31.4 Å². The molecular weight excluding hydrogens is 385 g/mol. The van der Waals surface area contributed by atoms with Gasteiger partial charge in [0.05, 0.1) is 16.4 Å². The molecule has 2 atom stereocenters. The molecule has 0 saturated heterocycles. The Kier molecular flexibility index (Phi) is 5.50.